The van der Waals surface area contributed by atoms with E-state index >= 15 is 0 Å². The molecule has 5 rings (SSSR count). The largest absolute Gasteiger partial charge is 0.507 e. The molecule has 1 unspecified atom stereocenters. The molecule has 1 aliphatic heterocycles. The van der Waals surface area contributed by atoms with Crippen LogP contribution in [0.3, 0.4) is 0 Å². The molecular weight excluding hydrogens is 580 g/mol. The molecular formula is C34H32N2O7S. The summed E-state index contributed by atoms with van der Waals surface area (Å²) in [6, 6.07) is 22.4. The van der Waals surface area contributed by atoms with E-state index in [4.69, 9.17) is 14.2 Å². The minimum Gasteiger partial charge on any atom is -0.507 e. The Morgan fingerprint density at radius 1 is 0.977 bits per heavy atom. The van der Waals surface area contributed by atoms with Crippen molar-refractivity contribution in [3.05, 3.63) is 112 Å². The van der Waals surface area contributed by atoms with Gasteiger partial charge in [-0.05, 0) is 48.7 Å². The van der Waals surface area contributed by atoms with Crippen molar-refractivity contribution >= 4 is 39.9 Å². The number of benzene rings is 3. The molecule has 2 heterocycles. The van der Waals surface area contributed by atoms with Crippen molar-refractivity contribution in [2.45, 2.75) is 39.3 Å². The fourth-order valence-corrected chi connectivity index (χ4v) is 5.83. The van der Waals surface area contributed by atoms with Crippen LogP contribution in [0.2, 0.25) is 0 Å². The number of aliphatic hydroxyl groups excluding tert-OH is 1. The number of thiazole rings is 1. The molecule has 1 aliphatic rings. The van der Waals surface area contributed by atoms with Gasteiger partial charge >= 0.3 is 11.9 Å². The highest BCUT2D eigenvalue weighted by Gasteiger charge is 2.48. The summed E-state index contributed by atoms with van der Waals surface area (Å²) in [4.78, 5) is 45.4. The molecule has 3 aromatic carbocycles. The number of carbonyl (C=O) groups excluding carboxylic acids is 3. The highest BCUT2D eigenvalue weighted by atomic mass is 32.1. The van der Waals surface area contributed by atoms with Gasteiger partial charge < -0.3 is 19.3 Å². The first-order chi connectivity index (χ1) is 21.3. The van der Waals surface area contributed by atoms with Crippen LogP contribution in [0.4, 0.5) is 5.13 Å². The van der Waals surface area contributed by atoms with Gasteiger partial charge in [0.15, 0.2) is 5.13 Å². The van der Waals surface area contributed by atoms with Crippen LogP contribution in [0.15, 0.2) is 84.4 Å². The maximum absolute atomic E-state index is 13.6. The average molecular weight is 613 g/mol. The summed E-state index contributed by atoms with van der Waals surface area (Å²) in [5.74, 6) is -1.57. The number of hydrogen-bond acceptors (Lipinski definition) is 9. The van der Waals surface area contributed by atoms with Crippen LogP contribution < -0.4 is 14.4 Å². The first-order valence-electron chi connectivity index (χ1n) is 14.2. The van der Waals surface area contributed by atoms with Crippen molar-refractivity contribution in [1.82, 2.24) is 4.98 Å². The molecule has 1 fully saturated rings. The number of carbonyl (C=O) groups is 3. The Hall–Kier alpha value is -4.96. The zero-order valence-corrected chi connectivity index (χ0v) is 25.4. The predicted octanol–water partition coefficient (Wildman–Crippen LogP) is 6.62. The summed E-state index contributed by atoms with van der Waals surface area (Å²) >= 11 is 0.944. The molecule has 1 aromatic heterocycles. The lowest BCUT2D eigenvalue weighted by Gasteiger charge is -2.23. The zero-order chi connectivity index (χ0) is 31.2. The Balaban J connectivity index is 1.56. The first kappa shape index (κ1) is 30.5. The highest BCUT2D eigenvalue weighted by molar-refractivity contribution is 7.17. The molecule has 1 saturated heterocycles. The molecule has 1 N–H and O–H groups in total. The fraction of sp³-hybridized carbons (Fsp3) is 0.235. The van der Waals surface area contributed by atoms with Gasteiger partial charge in [0.1, 0.15) is 28.7 Å². The van der Waals surface area contributed by atoms with E-state index in [-0.39, 0.29) is 21.3 Å². The Labute approximate surface area is 259 Å². The number of aliphatic hydroxyl groups is 1. The third-order valence-corrected chi connectivity index (χ3v) is 8.26. The molecule has 4 aromatic rings. The number of ketones is 1. The summed E-state index contributed by atoms with van der Waals surface area (Å²) in [6.45, 7) is 4.56. The number of unbranched alkanes of at least 4 members (excludes halogenated alkanes) is 1. The maximum atomic E-state index is 13.6. The Morgan fingerprint density at radius 3 is 2.43 bits per heavy atom. The topological polar surface area (TPSA) is 115 Å². The zero-order valence-electron chi connectivity index (χ0n) is 24.6. The second-order valence-corrected chi connectivity index (χ2v) is 11.1. The first-order valence-corrected chi connectivity index (χ1v) is 15.0. The second-order valence-electron chi connectivity index (χ2n) is 10.1. The normalized spacial score (nSPS) is 15.8. The van der Waals surface area contributed by atoms with E-state index in [0.29, 0.717) is 41.5 Å². The van der Waals surface area contributed by atoms with E-state index in [0.717, 1.165) is 29.7 Å². The maximum Gasteiger partial charge on any atom is 0.350 e. The van der Waals surface area contributed by atoms with Crippen LogP contribution in [0.5, 0.6) is 11.5 Å². The number of aryl methyl sites for hydroxylation is 1. The number of nitrogens with zero attached hydrogens (tertiary/aromatic N) is 2. The van der Waals surface area contributed by atoms with Gasteiger partial charge in [0.05, 0.1) is 31.0 Å². The van der Waals surface area contributed by atoms with Crippen LogP contribution in [-0.4, -0.2) is 41.5 Å². The van der Waals surface area contributed by atoms with E-state index < -0.39 is 23.7 Å². The second kappa shape index (κ2) is 13.6. The Kier molecular flexibility index (Phi) is 9.40. The summed E-state index contributed by atoms with van der Waals surface area (Å²) < 4.78 is 16.6. The number of anilines is 1. The molecule has 1 atom stereocenters. The molecule has 1 amide bonds. The SMILES string of the molecule is CCCCOc1cccc(/C(O)=C2\C(=O)C(=O)N(c3nc(C)c(C(=O)OC)s3)C2c2ccc(OCc3ccccc3)cc2)c1. The predicted molar refractivity (Wildman–Crippen MR) is 167 cm³/mol. The monoisotopic (exact) mass is 612 g/mol. The minimum atomic E-state index is -1.03. The van der Waals surface area contributed by atoms with Gasteiger partial charge in [-0.25, -0.2) is 9.78 Å². The van der Waals surface area contributed by atoms with Crippen LogP contribution in [-0.2, 0) is 20.9 Å². The highest BCUT2D eigenvalue weighted by Crippen LogP contribution is 2.44. The minimum absolute atomic E-state index is 0.105. The standard InChI is InChI=1S/C34H32N2O7S/c1-4-5-18-42-26-13-9-12-24(19-26)29(37)27-28(23-14-16-25(17-15-23)43-20-22-10-7-6-8-11-22)36(32(39)30(27)38)34-35-21(2)31(44-34)33(40)41-3/h6-17,19,28,37H,4-5,18,20H2,1-3H3/b29-27+. The van der Waals surface area contributed by atoms with E-state index in [1.54, 1.807) is 55.5 Å². The quantitative estimate of drug-likeness (QED) is 0.0661. The molecule has 0 bridgehead atoms. The molecule has 10 heteroatoms. The van der Waals surface area contributed by atoms with Crippen molar-refractivity contribution in [3.8, 4) is 11.5 Å². The molecule has 44 heavy (non-hydrogen) atoms. The summed E-state index contributed by atoms with van der Waals surface area (Å²) in [7, 11) is 1.26. The number of aromatic nitrogens is 1. The van der Waals surface area contributed by atoms with E-state index in [9.17, 15) is 19.5 Å². The Morgan fingerprint density at radius 2 is 1.73 bits per heavy atom. The van der Waals surface area contributed by atoms with Gasteiger partial charge in [0.25, 0.3) is 5.78 Å². The van der Waals surface area contributed by atoms with Gasteiger partial charge in [-0.2, -0.15) is 0 Å². The van der Waals surface area contributed by atoms with E-state index in [2.05, 4.69) is 11.9 Å². The van der Waals surface area contributed by atoms with Crippen molar-refractivity contribution in [3.63, 3.8) is 0 Å². The fourth-order valence-electron chi connectivity index (χ4n) is 4.82. The smallest absolute Gasteiger partial charge is 0.350 e. The summed E-state index contributed by atoms with van der Waals surface area (Å²) in [5.41, 5.74) is 2.13. The van der Waals surface area contributed by atoms with Gasteiger partial charge in [0, 0.05) is 5.56 Å². The lowest BCUT2D eigenvalue weighted by Crippen LogP contribution is -2.29. The van der Waals surface area contributed by atoms with Crippen LogP contribution >= 0.6 is 11.3 Å². The number of hydrogen-bond donors (Lipinski definition) is 1. The molecule has 226 valence electrons. The van der Waals surface area contributed by atoms with Crippen molar-refractivity contribution in [1.29, 1.82) is 0 Å². The summed E-state index contributed by atoms with van der Waals surface area (Å²) in [6.07, 6.45) is 1.83. The summed E-state index contributed by atoms with van der Waals surface area (Å²) in [5, 5.41) is 11.7. The average Bonchev–Trinajstić information content (AvgIpc) is 3.56. The van der Waals surface area contributed by atoms with Gasteiger partial charge in [-0.15, -0.1) is 0 Å². The van der Waals surface area contributed by atoms with Gasteiger partial charge in [-0.1, -0.05) is 79.3 Å². The van der Waals surface area contributed by atoms with E-state index in [1.165, 1.54) is 12.0 Å². The van der Waals surface area contributed by atoms with Crippen molar-refractivity contribution < 1.29 is 33.7 Å². The van der Waals surface area contributed by atoms with Crippen LogP contribution in [0.1, 0.15) is 57.9 Å². The molecule has 0 radical (unpaired) electrons. The lowest BCUT2D eigenvalue weighted by molar-refractivity contribution is -0.132. The number of rotatable bonds is 11. The van der Waals surface area contributed by atoms with Crippen LogP contribution in [0.25, 0.3) is 5.76 Å². The molecule has 0 aliphatic carbocycles. The molecule has 9 nitrogen and oxygen atoms in total. The number of esters is 1. The van der Waals surface area contributed by atoms with Crippen LogP contribution in [0, 0.1) is 6.92 Å². The third kappa shape index (κ3) is 6.35. The van der Waals surface area contributed by atoms with Gasteiger partial charge in [0.2, 0.25) is 0 Å². The van der Waals surface area contributed by atoms with E-state index in [1.807, 2.05) is 30.3 Å². The number of ether oxygens (including phenoxy) is 3. The number of amides is 1. The molecule has 0 spiro atoms. The number of Topliss-reactive ketones (excluding diaryl/α,β-unsaturated/α-hetero) is 1. The van der Waals surface area contributed by atoms with Crippen molar-refractivity contribution in [2.24, 2.45) is 0 Å². The van der Waals surface area contributed by atoms with Gasteiger partial charge in [-0.3, -0.25) is 14.5 Å². The lowest BCUT2D eigenvalue weighted by atomic mass is 9.95. The number of methoxy groups -OCH3 is 1. The van der Waals surface area contributed by atoms with Crippen molar-refractivity contribution in [2.75, 3.05) is 18.6 Å². The molecule has 0 saturated carbocycles. The third-order valence-electron chi connectivity index (χ3n) is 7.12. The Bertz CT molecular complexity index is 1700.